The Bertz CT molecular complexity index is 418. The van der Waals surface area contributed by atoms with Crippen LogP contribution in [0.25, 0.3) is 0 Å². The first-order valence-electron chi connectivity index (χ1n) is 7.77. The van der Waals surface area contributed by atoms with E-state index in [0.29, 0.717) is 24.5 Å². The van der Waals surface area contributed by atoms with Gasteiger partial charge in [-0.2, -0.15) is 0 Å². The van der Waals surface area contributed by atoms with E-state index >= 15 is 0 Å². The van der Waals surface area contributed by atoms with Crippen molar-refractivity contribution in [3.05, 3.63) is 10.6 Å². The molecule has 4 nitrogen and oxygen atoms in total. The highest BCUT2D eigenvalue weighted by molar-refractivity contribution is 7.15. The summed E-state index contributed by atoms with van der Waals surface area (Å²) in [5.41, 5.74) is 1.07. The normalized spacial score (nSPS) is 13.2. The number of hydrogen-bond donors (Lipinski definition) is 1. The summed E-state index contributed by atoms with van der Waals surface area (Å²) >= 11 is 1.78. The van der Waals surface area contributed by atoms with Gasteiger partial charge in [-0.25, -0.2) is 4.98 Å². The predicted molar refractivity (Wildman–Crippen MR) is 92.1 cm³/mol. The number of ether oxygens (including phenoxy) is 1. The average Bonchev–Trinajstić information content (AvgIpc) is 2.80. The number of nitrogens with one attached hydrogen (secondary N) is 1. The zero-order valence-corrected chi connectivity index (χ0v) is 15.4. The van der Waals surface area contributed by atoms with E-state index in [2.05, 4.69) is 51.9 Å². The minimum absolute atomic E-state index is 0.475. The summed E-state index contributed by atoms with van der Waals surface area (Å²) in [6, 6.07) is 0.475. The second-order valence-electron chi connectivity index (χ2n) is 6.42. The average molecular weight is 314 g/mol. The van der Waals surface area contributed by atoms with Crippen LogP contribution < -0.4 is 10.2 Å². The Balaban J connectivity index is 2.82. The third-order valence-corrected chi connectivity index (χ3v) is 4.95. The zero-order chi connectivity index (χ0) is 16.0. The van der Waals surface area contributed by atoms with Crippen molar-refractivity contribution < 1.29 is 4.74 Å². The summed E-state index contributed by atoms with van der Waals surface area (Å²) in [5, 5.41) is 4.59. The Hall–Kier alpha value is -0.650. The van der Waals surface area contributed by atoms with E-state index in [0.717, 1.165) is 23.9 Å². The van der Waals surface area contributed by atoms with E-state index < -0.39 is 0 Å². The van der Waals surface area contributed by atoms with Gasteiger partial charge in [-0.1, -0.05) is 27.7 Å². The molecule has 0 spiro atoms. The van der Waals surface area contributed by atoms with Gasteiger partial charge in [0.05, 0.1) is 12.3 Å². The smallest absolute Gasteiger partial charge is 0.185 e. The van der Waals surface area contributed by atoms with Crippen molar-refractivity contribution in [1.82, 2.24) is 10.3 Å². The van der Waals surface area contributed by atoms with Crippen LogP contribution in [-0.4, -0.2) is 31.7 Å². The fourth-order valence-electron chi connectivity index (χ4n) is 2.00. The van der Waals surface area contributed by atoms with Gasteiger partial charge in [0.1, 0.15) is 0 Å². The molecule has 1 N–H and O–H groups in total. The standard InChI is InChI=1S/C16H31N3OS/c1-11(2)8-17-9-15-14(10-20-7)18-16(21-15)19(6)13(5)12(3)4/h11-13,17H,8-10H2,1-7H3. The fraction of sp³-hybridized carbons (Fsp3) is 0.812. The molecule has 0 aliphatic carbocycles. The molecule has 0 radical (unpaired) electrons. The predicted octanol–water partition coefficient (Wildman–Crippen LogP) is 3.52. The monoisotopic (exact) mass is 313 g/mol. The zero-order valence-electron chi connectivity index (χ0n) is 14.6. The molecule has 0 bridgehead atoms. The molecular formula is C16H31N3OS. The van der Waals surface area contributed by atoms with Gasteiger partial charge < -0.3 is 15.0 Å². The SMILES string of the molecule is COCc1nc(N(C)C(C)C(C)C)sc1CNCC(C)C. The maximum absolute atomic E-state index is 5.29. The van der Waals surface area contributed by atoms with Crippen molar-refractivity contribution in [1.29, 1.82) is 0 Å². The lowest BCUT2D eigenvalue weighted by Crippen LogP contribution is -2.33. The molecule has 0 aliphatic heterocycles. The topological polar surface area (TPSA) is 37.4 Å². The van der Waals surface area contributed by atoms with Crippen molar-refractivity contribution in [3.8, 4) is 0 Å². The molecule has 1 unspecified atom stereocenters. The third kappa shape index (κ3) is 5.57. The van der Waals surface area contributed by atoms with Gasteiger partial charge in [-0.15, -0.1) is 11.3 Å². The molecule has 1 heterocycles. The number of rotatable bonds is 9. The number of thiazole rings is 1. The molecule has 0 saturated carbocycles. The minimum Gasteiger partial charge on any atom is -0.378 e. The van der Waals surface area contributed by atoms with Crippen molar-refractivity contribution in [2.45, 2.75) is 53.8 Å². The van der Waals surface area contributed by atoms with E-state index in [-0.39, 0.29) is 0 Å². The summed E-state index contributed by atoms with van der Waals surface area (Å²) in [6.45, 7) is 13.7. The number of anilines is 1. The highest BCUT2D eigenvalue weighted by Gasteiger charge is 2.19. The fourth-order valence-corrected chi connectivity index (χ4v) is 3.09. The molecule has 1 rings (SSSR count). The van der Waals surface area contributed by atoms with Crippen LogP contribution in [0.2, 0.25) is 0 Å². The first kappa shape index (κ1) is 18.4. The van der Waals surface area contributed by atoms with Crippen LogP contribution in [0, 0.1) is 11.8 Å². The van der Waals surface area contributed by atoms with Crippen LogP contribution in [0.5, 0.6) is 0 Å². The molecule has 5 heteroatoms. The first-order chi connectivity index (χ1) is 9.86. The van der Waals surface area contributed by atoms with Gasteiger partial charge >= 0.3 is 0 Å². The van der Waals surface area contributed by atoms with Crippen LogP contribution in [0.4, 0.5) is 5.13 Å². The van der Waals surface area contributed by atoms with Gasteiger partial charge in [-0.3, -0.25) is 0 Å². The summed E-state index contributed by atoms with van der Waals surface area (Å²) in [5.74, 6) is 1.26. The van der Waals surface area contributed by atoms with E-state index in [4.69, 9.17) is 9.72 Å². The molecule has 1 atom stereocenters. The summed E-state index contributed by atoms with van der Waals surface area (Å²) in [7, 11) is 3.86. The van der Waals surface area contributed by atoms with E-state index in [1.807, 2.05) is 0 Å². The second kappa shape index (κ2) is 8.71. The maximum Gasteiger partial charge on any atom is 0.185 e. The molecule has 0 saturated heterocycles. The van der Waals surface area contributed by atoms with Crippen LogP contribution in [0.15, 0.2) is 0 Å². The molecule has 1 aromatic rings. The van der Waals surface area contributed by atoms with Crippen LogP contribution in [0.3, 0.4) is 0 Å². The number of methoxy groups -OCH3 is 1. The third-order valence-electron chi connectivity index (χ3n) is 3.76. The van der Waals surface area contributed by atoms with E-state index in [1.54, 1.807) is 18.4 Å². The Morgan fingerprint density at radius 2 is 1.90 bits per heavy atom. The minimum atomic E-state index is 0.475. The van der Waals surface area contributed by atoms with Crippen molar-refractivity contribution in [2.24, 2.45) is 11.8 Å². The lowest BCUT2D eigenvalue weighted by molar-refractivity contribution is 0.181. The lowest BCUT2D eigenvalue weighted by Gasteiger charge is -2.27. The summed E-state index contributed by atoms with van der Waals surface area (Å²) in [4.78, 5) is 8.35. The molecule has 0 aromatic carbocycles. The van der Waals surface area contributed by atoms with Gasteiger partial charge in [0.2, 0.25) is 0 Å². The Morgan fingerprint density at radius 1 is 1.24 bits per heavy atom. The molecule has 21 heavy (non-hydrogen) atoms. The van der Waals surface area contributed by atoms with Crippen LogP contribution in [0.1, 0.15) is 45.2 Å². The molecule has 122 valence electrons. The molecular weight excluding hydrogens is 282 g/mol. The van der Waals surface area contributed by atoms with Gasteiger partial charge in [0, 0.05) is 31.6 Å². The van der Waals surface area contributed by atoms with E-state index in [1.165, 1.54) is 4.88 Å². The number of nitrogens with zero attached hydrogens (tertiary/aromatic N) is 2. The quantitative estimate of drug-likeness (QED) is 0.757. The van der Waals surface area contributed by atoms with Crippen molar-refractivity contribution >= 4 is 16.5 Å². The van der Waals surface area contributed by atoms with Gasteiger partial charge in [0.25, 0.3) is 0 Å². The molecule has 0 fully saturated rings. The van der Waals surface area contributed by atoms with Gasteiger partial charge in [-0.05, 0) is 25.3 Å². The second-order valence-corrected chi connectivity index (χ2v) is 7.48. The largest absolute Gasteiger partial charge is 0.378 e. The van der Waals surface area contributed by atoms with Crippen LogP contribution in [-0.2, 0) is 17.9 Å². The molecule has 1 aromatic heterocycles. The number of aromatic nitrogens is 1. The molecule has 0 aliphatic rings. The number of hydrogen-bond acceptors (Lipinski definition) is 5. The first-order valence-corrected chi connectivity index (χ1v) is 8.59. The Morgan fingerprint density at radius 3 is 2.43 bits per heavy atom. The van der Waals surface area contributed by atoms with Crippen LogP contribution >= 0.6 is 11.3 Å². The van der Waals surface area contributed by atoms with Crippen molar-refractivity contribution in [3.63, 3.8) is 0 Å². The molecule has 0 amide bonds. The Kier molecular flexibility index (Phi) is 7.63. The maximum atomic E-state index is 5.29. The highest BCUT2D eigenvalue weighted by atomic mass is 32.1. The lowest BCUT2D eigenvalue weighted by atomic mass is 10.1. The highest BCUT2D eigenvalue weighted by Crippen LogP contribution is 2.28. The van der Waals surface area contributed by atoms with Crippen molar-refractivity contribution in [2.75, 3.05) is 25.6 Å². The summed E-state index contributed by atoms with van der Waals surface area (Å²) in [6.07, 6.45) is 0. The van der Waals surface area contributed by atoms with E-state index in [9.17, 15) is 0 Å². The van der Waals surface area contributed by atoms with Gasteiger partial charge in [0.15, 0.2) is 5.13 Å². The summed E-state index contributed by atoms with van der Waals surface area (Å²) < 4.78 is 5.29. The Labute approximate surface area is 133 Å².